The maximum atomic E-state index is 5.69. The number of aryl methyl sites for hydroxylation is 1. The zero-order chi connectivity index (χ0) is 31.6. The van der Waals surface area contributed by atoms with Crippen LogP contribution in [0.15, 0.2) is 175 Å². The van der Waals surface area contributed by atoms with E-state index in [2.05, 4.69) is 181 Å². The van der Waals surface area contributed by atoms with Crippen LogP contribution in [0.25, 0.3) is 28.1 Å². The van der Waals surface area contributed by atoms with Gasteiger partial charge >= 0.3 is 0 Å². The van der Waals surface area contributed by atoms with Crippen molar-refractivity contribution in [2.45, 2.75) is 17.7 Å². The van der Waals surface area contributed by atoms with Crippen LogP contribution in [0.1, 0.15) is 11.1 Å². The van der Waals surface area contributed by atoms with Gasteiger partial charge in [0.15, 0.2) is 18.2 Å². The lowest BCUT2D eigenvalue weighted by molar-refractivity contribution is -0.00000917. The number of rotatable bonds is 8. The number of imidazole rings is 1. The Balaban J connectivity index is 0.00000364. The molecule has 0 aliphatic carbocycles. The van der Waals surface area contributed by atoms with Crippen LogP contribution in [0.4, 0.5) is 0 Å². The summed E-state index contributed by atoms with van der Waals surface area (Å²) in [6.07, 6.45) is 0. The minimum absolute atomic E-state index is 0. The molecule has 234 valence electrons. The summed E-state index contributed by atoms with van der Waals surface area (Å²) in [5.41, 5.74) is 6.52. The molecule has 0 fully saturated rings. The molecule has 8 rings (SSSR count). The molecule has 0 unspecified atom stereocenters. The first kappa shape index (κ1) is 31.8. The van der Waals surface area contributed by atoms with Gasteiger partial charge in [0.25, 0.3) is 0 Å². The zero-order valence-electron chi connectivity index (χ0n) is 26.4. The molecule has 0 saturated carbocycles. The molecule has 0 bridgehead atoms. The molecule has 0 atom stereocenters. The van der Waals surface area contributed by atoms with Crippen LogP contribution in [0.3, 0.4) is 0 Å². The minimum Gasteiger partial charge on any atom is -1.00 e. The van der Waals surface area contributed by atoms with Gasteiger partial charge in [0.1, 0.15) is 26.8 Å². The highest BCUT2D eigenvalue weighted by Crippen LogP contribution is 2.57. The van der Waals surface area contributed by atoms with Gasteiger partial charge in [-0.25, -0.2) is 9.97 Å². The fourth-order valence-corrected chi connectivity index (χ4v) is 12.3. The van der Waals surface area contributed by atoms with Gasteiger partial charge < -0.3 is 12.4 Å². The lowest BCUT2D eigenvalue weighted by Crippen LogP contribution is -3.00. The second kappa shape index (κ2) is 13.8. The number of halogens is 1. The van der Waals surface area contributed by atoms with E-state index in [9.17, 15) is 0 Å². The number of thioether (sulfide) groups is 1. The second-order valence-electron chi connectivity index (χ2n) is 11.7. The normalized spacial score (nSPS) is 11.4. The maximum Gasteiger partial charge on any atom is 0.186 e. The standard InChI is InChI=1S/C42H33N3PS.ClH/c1-31-26-28-33(29-27-31)40-44-42(47-30-32-16-6-2-7-17-32)39(41-43-37-24-14-15-25-38(37)45(40)41)46(34-18-8-3-9-19-34,35-20-10-4-11-21-35)36-22-12-5-13-23-36;/h2-29H,30H2,1H3;1H/q+1;/p-1. The van der Waals surface area contributed by atoms with Gasteiger partial charge in [-0.05, 0) is 61.0 Å². The van der Waals surface area contributed by atoms with Gasteiger partial charge in [-0.3, -0.25) is 4.40 Å². The lowest BCUT2D eigenvalue weighted by atomic mass is 10.1. The Morgan fingerprint density at radius 3 is 1.62 bits per heavy atom. The van der Waals surface area contributed by atoms with Crippen LogP contribution in [0, 0.1) is 6.92 Å². The van der Waals surface area contributed by atoms with Crippen LogP contribution < -0.4 is 33.6 Å². The Morgan fingerprint density at radius 1 is 0.562 bits per heavy atom. The van der Waals surface area contributed by atoms with E-state index >= 15 is 0 Å². The van der Waals surface area contributed by atoms with Crippen molar-refractivity contribution < 1.29 is 12.4 Å². The molecule has 48 heavy (non-hydrogen) atoms. The first-order chi connectivity index (χ1) is 23.2. The maximum absolute atomic E-state index is 5.69. The smallest absolute Gasteiger partial charge is 0.186 e. The number of hydrogen-bond acceptors (Lipinski definition) is 3. The monoisotopic (exact) mass is 677 g/mol. The molecule has 8 aromatic rings. The summed E-state index contributed by atoms with van der Waals surface area (Å²) < 4.78 is 2.31. The second-order valence-corrected chi connectivity index (χ2v) is 16.0. The van der Waals surface area contributed by atoms with E-state index in [0.29, 0.717) is 0 Å². The van der Waals surface area contributed by atoms with E-state index in [-0.39, 0.29) is 12.4 Å². The van der Waals surface area contributed by atoms with Gasteiger partial charge in [0.05, 0.1) is 11.0 Å². The largest absolute Gasteiger partial charge is 1.00 e. The average Bonchev–Trinajstić information content (AvgIpc) is 3.53. The molecule has 0 amide bonds. The Bertz CT molecular complexity index is 2200. The van der Waals surface area contributed by atoms with Gasteiger partial charge in [0, 0.05) is 11.3 Å². The highest BCUT2D eigenvalue weighted by molar-refractivity contribution is 8.04. The van der Waals surface area contributed by atoms with E-state index in [1.54, 1.807) is 0 Å². The number of nitrogens with zero attached hydrogens (tertiary/aromatic N) is 3. The summed E-state index contributed by atoms with van der Waals surface area (Å²) in [6.45, 7) is 2.13. The van der Waals surface area contributed by atoms with Crippen molar-refractivity contribution in [2.24, 2.45) is 0 Å². The van der Waals surface area contributed by atoms with E-state index in [1.807, 2.05) is 11.8 Å². The third-order valence-corrected chi connectivity index (χ3v) is 14.2. The lowest BCUT2D eigenvalue weighted by Gasteiger charge is -2.29. The first-order valence-electron chi connectivity index (χ1n) is 15.8. The molecule has 0 aliphatic heterocycles. The van der Waals surface area contributed by atoms with Crippen LogP contribution in [-0.4, -0.2) is 14.4 Å². The highest BCUT2D eigenvalue weighted by atomic mass is 35.5. The minimum atomic E-state index is -2.55. The van der Waals surface area contributed by atoms with Crippen molar-refractivity contribution in [3.8, 4) is 11.4 Å². The number of benzene rings is 6. The number of fused-ring (bicyclic) bond motifs is 3. The quantitative estimate of drug-likeness (QED) is 0.116. The van der Waals surface area contributed by atoms with Gasteiger partial charge in [-0.1, -0.05) is 139 Å². The number of para-hydroxylation sites is 2. The van der Waals surface area contributed by atoms with Crippen molar-refractivity contribution in [1.29, 1.82) is 0 Å². The molecule has 0 saturated heterocycles. The third kappa shape index (κ3) is 5.61. The molecule has 2 aromatic heterocycles. The van der Waals surface area contributed by atoms with Crippen molar-refractivity contribution in [3.05, 3.63) is 181 Å². The molecule has 2 heterocycles. The van der Waals surface area contributed by atoms with E-state index in [4.69, 9.17) is 9.97 Å². The Morgan fingerprint density at radius 2 is 1.06 bits per heavy atom. The molecule has 6 heteroatoms. The number of hydrogen-bond donors (Lipinski definition) is 0. The zero-order valence-corrected chi connectivity index (χ0v) is 28.9. The molecule has 0 N–H and O–H groups in total. The van der Waals surface area contributed by atoms with Crippen molar-refractivity contribution in [1.82, 2.24) is 14.4 Å². The fraction of sp³-hybridized carbons (Fsp3) is 0.0476. The molecule has 0 spiro atoms. The predicted molar refractivity (Wildman–Crippen MR) is 201 cm³/mol. The summed E-state index contributed by atoms with van der Waals surface area (Å²) in [4.78, 5) is 11.2. The van der Waals surface area contributed by atoms with E-state index < -0.39 is 7.26 Å². The Kier molecular flexibility index (Phi) is 9.15. The summed E-state index contributed by atoms with van der Waals surface area (Å²) >= 11 is 1.81. The SMILES string of the molecule is Cc1ccc(-c2nc(SCc3ccccc3)c([P+](c3ccccc3)(c3ccccc3)c3ccccc3)c3nc4ccccc4n23)cc1.[Cl-]. The summed E-state index contributed by atoms with van der Waals surface area (Å²) in [7, 11) is -2.55. The van der Waals surface area contributed by atoms with Crippen LogP contribution in [-0.2, 0) is 5.75 Å². The molecule has 0 aliphatic rings. The molecule has 3 nitrogen and oxygen atoms in total. The van der Waals surface area contributed by atoms with Gasteiger partial charge in [0.2, 0.25) is 0 Å². The Hall–Kier alpha value is -4.73. The molecular formula is C42H33ClN3PS. The van der Waals surface area contributed by atoms with E-state index in [1.165, 1.54) is 32.3 Å². The predicted octanol–water partition coefficient (Wildman–Crippen LogP) is 5.77. The van der Waals surface area contributed by atoms with Crippen LogP contribution in [0.5, 0.6) is 0 Å². The van der Waals surface area contributed by atoms with Gasteiger partial charge in [-0.2, -0.15) is 0 Å². The third-order valence-electron chi connectivity index (χ3n) is 8.69. The average molecular weight is 678 g/mol. The van der Waals surface area contributed by atoms with Crippen molar-refractivity contribution in [3.63, 3.8) is 0 Å². The molecular weight excluding hydrogens is 645 g/mol. The number of aromatic nitrogens is 3. The highest BCUT2D eigenvalue weighted by Gasteiger charge is 2.52. The fourth-order valence-electron chi connectivity index (χ4n) is 6.50. The first-order valence-corrected chi connectivity index (χ1v) is 18.6. The van der Waals surface area contributed by atoms with Gasteiger partial charge in [-0.15, -0.1) is 0 Å². The van der Waals surface area contributed by atoms with Crippen molar-refractivity contribution >= 4 is 56.9 Å². The Labute approximate surface area is 292 Å². The summed E-state index contributed by atoms with van der Waals surface area (Å²) in [5, 5.41) is 6.03. The van der Waals surface area contributed by atoms with E-state index in [0.717, 1.165) is 38.8 Å². The molecule has 0 radical (unpaired) electrons. The van der Waals surface area contributed by atoms with Crippen LogP contribution in [0.2, 0.25) is 0 Å². The topological polar surface area (TPSA) is 30.2 Å². The molecule has 6 aromatic carbocycles. The summed E-state index contributed by atoms with van der Waals surface area (Å²) in [5.74, 6) is 1.70. The summed E-state index contributed by atoms with van der Waals surface area (Å²) in [6, 6.07) is 61.0. The van der Waals surface area contributed by atoms with Crippen molar-refractivity contribution in [2.75, 3.05) is 0 Å². The van der Waals surface area contributed by atoms with Crippen LogP contribution >= 0.6 is 19.0 Å².